The third-order valence-electron chi connectivity index (χ3n) is 4.03. The molecule has 0 bridgehead atoms. The van der Waals surface area contributed by atoms with Gasteiger partial charge in [0.2, 0.25) is 0 Å². The SMILES string of the molecule is CCN(Cc1ccccc1)C(=O)c1ccc(Nc2cccc(C#N)c2)nn1. The topological polar surface area (TPSA) is 81.9 Å². The minimum absolute atomic E-state index is 0.160. The molecule has 0 fully saturated rings. The Morgan fingerprint density at radius 1 is 1.07 bits per heavy atom. The zero-order valence-electron chi connectivity index (χ0n) is 15.0. The Kier molecular flexibility index (Phi) is 5.75. The maximum Gasteiger partial charge on any atom is 0.274 e. The Labute approximate surface area is 158 Å². The van der Waals surface area contributed by atoms with Crippen LogP contribution in [0, 0.1) is 11.3 Å². The normalized spacial score (nSPS) is 10.1. The van der Waals surface area contributed by atoms with Gasteiger partial charge in [-0.2, -0.15) is 5.26 Å². The van der Waals surface area contributed by atoms with Crippen LogP contribution in [0.2, 0.25) is 0 Å². The van der Waals surface area contributed by atoms with Gasteiger partial charge < -0.3 is 10.2 Å². The van der Waals surface area contributed by atoms with Crippen LogP contribution in [0.15, 0.2) is 66.7 Å². The summed E-state index contributed by atoms with van der Waals surface area (Å²) in [7, 11) is 0. The number of anilines is 2. The number of nitrogens with zero attached hydrogens (tertiary/aromatic N) is 4. The monoisotopic (exact) mass is 357 g/mol. The average Bonchev–Trinajstić information content (AvgIpc) is 2.73. The molecule has 0 radical (unpaired) electrons. The molecule has 0 saturated carbocycles. The lowest BCUT2D eigenvalue weighted by atomic mass is 10.2. The number of aromatic nitrogens is 2. The van der Waals surface area contributed by atoms with E-state index >= 15 is 0 Å². The van der Waals surface area contributed by atoms with Gasteiger partial charge >= 0.3 is 0 Å². The van der Waals surface area contributed by atoms with Crippen molar-refractivity contribution in [2.75, 3.05) is 11.9 Å². The van der Waals surface area contributed by atoms with Crippen molar-refractivity contribution in [1.82, 2.24) is 15.1 Å². The molecular formula is C21H19N5O. The number of nitrogens with one attached hydrogen (secondary N) is 1. The summed E-state index contributed by atoms with van der Waals surface area (Å²) in [6.07, 6.45) is 0. The van der Waals surface area contributed by atoms with E-state index in [9.17, 15) is 4.79 Å². The van der Waals surface area contributed by atoms with E-state index in [1.807, 2.05) is 43.3 Å². The van der Waals surface area contributed by atoms with Crippen molar-refractivity contribution in [3.8, 4) is 6.07 Å². The molecule has 27 heavy (non-hydrogen) atoms. The second-order valence-electron chi connectivity index (χ2n) is 5.93. The first-order valence-electron chi connectivity index (χ1n) is 8.63. The van der Waals surface area contributed by atoms with Crippen LogP contribution < -0.4 is 5.32 Å². The molecule has 3 aromatic rings. The highest BCUT2D eigenvalue weighted by Crippen LogP contribution is 2.16. The highest BCUT2D eigenvalue weighted by atomic mass is 16.2. The molecule has 1 heterocycles. The quantitative estimate of drug-likeness (QED) is 0.726. The van der Waals surface area contributed by atoms with Gasteiger partial charge in [0.1, 0.15) is 0 Å². The van der Waals surface area contributed by atoms with Gasteiger partial charge in [0.05, 0.1) is 11.6 Å². The number of carbonyl (C=O) groups excluding carboxylic acids is 1. The van der Waals surface area contributed by atoms with Crippen molar-refractivity contribution in [2.45, 2.75) is 13.5 Å². The minimum Gasteiger partial charge on any atom is -0.339 e. The predicted molar refractivity (Wildman–Crippen MR) is 103 cm³/mol. The third kappa shape index (κ3) is 4.67. The van der Waals surface area contributed by atoms with Crippen molar-refractivity contribution in [3.05, 3.63) is 83.6 Å². The average molecular weight is 357 g/mol. The van der Waals surface area contributed by atoms with Crippen LogP contribution in [0.3, 0.4) is 0 Å². The second kappa shape index (κ2) is 8.59. The van der Waals surface area contributed by atoms with Crippen molar-refractivity contribution < 1.29 is 4.79 Å². The Hall–Kier alpha value is -3.72. The van der Waals surface area contributed by atoms with Crippen molar-refractivity contribution in [1.29, 1.82) is 5.26 Å². The first kappa shape index (κ1) is 18.1. The standard InChI is InChI=1S/C21H19N5O/c1-2-26(15-16-7-4-3-5-8-16)21(27)19-11-12-20(25-24-19)23-18-10-6-9-17(13-18)14-22/h3-13H,2,15H2,1H3,(H,23,25). The van der Waals surface area contributed by atoms with Gasteiger partial charge in [-0.15, -0.1) is 10.2 Å². The Morgan fingerprint density at radius 3 is 2.56 bits per heavy atom. The van der Waals surface area contributed by atoms with E-state index in [2.05, 4.69) is 21.6 Å². The summed E-state index contributed by atoms with van der Waals surface area (Å²) in [5.41, 5.74) is 2.65. The lowest BCUT2D eigenvalue weighted by molar-refractivity contribution is 0.0745. The molecule has 0 aliphatic rings. The molecule has 0 unspecified atom stereocenters. The third-order valence-corrected chi connectivity index (χ3v) is 4.03. The van der Waals surface area contributed by atoms with Crippen molar-refractivity contribution in [2.24, 2.45) is 0 Å². The van der Waals surface area contributed by atoms with E-state index in [4.69, 9.17) is 5.26 Å². The number of hydrogen-bond acceptors (Lipinski definition) is 5. The number of benzene rings is 2. The van der Waals surface area contributed by atoms with Gasteiger partial charge in [0, 0.05) is 18.8 Å². The summed E-state index contributed by atoms with van der Waals surface area (Å²) >= 11 is 0. The van der Waals surface area contributed by atoms with E-state index in [1.165, 1.54) is 0 Å². The zero-order chi connectivity index (χ0) is 19.1. The fourth-order valence-corrected chi connectivity index (χ4v) is 2.62. The van der Waals surface area contributed by atoms with E-state index < -0.39 is 0 Å². The lowest BCUT2D eigenvalue weighted by Crippen LogP contribution is -2.31. The van der Waals surface area contributed by atoms with E-state index in [1.54, 1.807) is 35.2 Å². The van der Waals surface area contributed by atoms with Crippen LogP contribution in [-0.2, 0) is 6.54 Å². The van der Waals surface area contributed by atoms with E-state index in [0.29, 0.717) is 30.2 Å². The first-order chi connectivity index (χ1) is 13.2. The summed E-state index contributed by atoms with van der Waals surface area (Å²) in [5, 5.41) is 20.2. The largest absolute Gasteiger partial charge is 0.339 e. The molecule has 0 aliphatic heterocycles. The molecule has 1 amide bonds. The molecule has 6 heteroatoms. The maximum atomic E-state index is 12.7. The van der Waals surface area contributed by atoms with Crippen LogP contribution >= 0.6 is 0 Å². The molecule has 2 aromatic carbocycles. The van der Waals surface area contributed by atoms with E-state index in [-0.39, 0.29) is 5.91 Å². The fourth-order valence-electron chi connectivity index (χ4n) is 2.62. The predicted octanol–water partition coefficient (Wildman–Crippen LogP) is 3.75. The number of rotatable bonds is 6. The van der Waals surface area contributed by atoms with Gasteiger partial charge in [0.25, 0.3) is 5.91 Å². The molecule has 6 nitrogen and oxygen atoms in total. The first-order valence-corrected chi connectivity index (χ1v) is 8.63. The van der Waals surface area contributed by atoms with Crippen molar-refractivity contribution in [3.63, 3.8) is 0 Å². The van der Waals surface area contributed by atoms with Crippen molar-refractivity contribution >= 4 is 17.4 Å². The summed E-state index contributed by atoms with van der Waals surface area (Å²) in [5.74, 6) is 0.347. The van der Waals surface area contributed by atoms with Crippen LogP contribution in [0.25, 0.3) is 0 Å². The fraction of sp³-hybridized carbons (Fsp3) is 0.143. The van der Waals surface area contributed by atoms with Gasteiger partial charge in [-0.25, -0.2) is 0 Å². The Bertz CT molecular complexity index is 948. The molecule has 0 aliphatic carbocycles. The number of hydrogen-bond donors (Lipinski definition) is 1. The molecular weight excluding hydrogens is 338 g/mol. The van der Waals surface area contributed by atoms with Crippen LogP contribution in [0.1, 0.15) is 28.5 Å². The number of amides is 1. The number of carbonyl (C=O) groups is 1. The smallest absolute Gasteiger partial charge is 0.274 e. The van der Waals surface area contributed by atoms with Gasteiger partial charge in [-0.3, -0.25) is 4.79 Å². The number of nitriles is 1. The molecule has 0 spiro atoms. The van der Waals surface area contributed by atoms with E-state index in [0.717, 1.165) is 11.3 Å². The van der Waals surface area contributed by atoms with Crippen LogP contribution in [-0.4, -0.2) is 27.5 Å². The summed E-state index contributed by atoms with van der Waals surface area (Å²) in [6.45, 7) is 3.04. The second-order valence-corrected chi connectivity index (χ2v) is 5.93. The lowest BCUT2D eigenvalue weighted by Gasteiger charge is -2.20. The molecule has 0 atom stereocenters. The minimum atomic E-state index is -0.160. The van der Waals surface area contributed by atoms with Crippen LogP contribution in [0.4, 0.5) is 11.5 Å². The molecule has 1 aromatic heterocycles. The highest BCUT2D eigenvalue weighted by molar-refractivity contribution is 5.92. The Balaban J connectivity index is 1.70. The highest BCUT2D eigenvalue weighted by Gasteiger charge is 2.16. The maximum absolute atomic E-state index is 12.7. The molecule has 3 rings (SSSR count). The molecule has 134 valence electrons. The van der Waals surface area contributed by atoms with Gasteiger partial charge in [-0.1, -0.05) is 36.4 Å². The van der Waals surface area contributed by atoms with Gasteiger partial charge in [-0.05, 0) is 42.8 Å². The summed E-state index contributed by atoms with van der Waals surface area (Å²) < 4.78 is 0. The Morgan fingerprint density at radius 2 is 1.89 bits per heavy atom. The van der Waals surface area contributed by atoms with Crippen LogP contribution in [0.5, 0.6) is 0 Å². The molecule has 0 saturated heterocycles. The summed E-state index contributed by atoms with van der Waals surface area (Å²) in [4.78, 5) is 14.4. The van der Waals surface area contributed by atoms with Gasteiger partial charge in [0.15, 0.2) is 11.5 Å². The molecule has 1 N–H and O–H groups in total. The summed E-state index contributed by atoms with van der Waals surface area (Å²) in [6, 6.07) is 22.4. The zero-order valence-corrected chi connectivity index (χ0v) is 15.0.